The summed E-state index contributed by atoms with van der Waals surface area (Å²) in [6.45, 7) is 1.10. The van der Waals surface area contributed by atoms with E-state index in [0.717, 1.165) is 15.0 Å². The Morgan fingerprint density at radius 2 is 2.26 bits per heavy atom. The van der Waals surface area contributed by atoms with E-state index in [0.29, 0.717) is 13.1 Å². The number of anilines is 1. The molecule has 2 atom stereocenters. The number of aliphatic imine (C=N–C) groups is 1. The van der Waals surface area contributed by atoms with Crippen LogP contribution < -0.4 is 10.6 Å². The first-order chi connectivity index (χ1) is 11.1. The highest BCUT2D eigenvalue weighted by atomic mass is 35.5. The molecule has 4 heterocycles. The third kappa shape index (κ3) is 2.11. The first kappa shape index (κ1) is 14.5. The molecule has 8 heteroatoms. The van der Waals surface area contributed by atoms with E-state index in [1.165, 1.54) is 0 Å². The van der Waals surface area contributed by atoms with Crippen LogP contribution in [0.15, 0.2) is 47.0 Å². The second-order valence-corrected chi connectivity index (χ2v) is 6.92. The van der Waals surface area contributed by atoms with Crippen molar-refractivity contribution in [2.45, 2.75) is 5.54 Å². The zero-order valence-corrected chi connectivity index (χ0v) is 13.7. The largest absolute Gasteiger partial charge is 0.368 e. The van der Waals surface area contributed by atoms with Crippen molar-refractivity contribution < 1.29 is 4.79 Å². The lowest BCUT2D eigenvalue weighted by atomic mass is 9.84. The van der Waals surface area contributed by atoms with E-state index < -0.39 is 5.54 Å². The maximum Gasteiger partial charge on any atom is 0.251 e. The summed E-state index contributed by atoms with van der Waals surface area (Å²) in [5, 5.41) is 1.98. The summed E-state index contributed by atoms with van der Waals surface area (Å²) in [4.78, 5) is 24.6. The van der Waals surface area contributed by atoms with Crippen molar-refractivity contribution >= 4 is 40.7 Å². The minimum absolute atomic E-state index is 0.0503. The first-order valence-electron chi connectivity index (χ1n) is 7.16. The van der Waals surface area contributed by atoms with E-state index in [9.17, 15) is 4.79 Å². The molecule has 0 aliphatic carbocycles. The first-order valence-corrected chi connectivity index (χ1v) is 8.37. The molecule has 118 valence electrons. The molecule has 6 nitrogen and oxygen atoms in total. The molecule has 23 heavy (non-hydrogen) atoms. The minimum atomic E-state index is -0.684. The van der Waals surface area contributed by atoms with Gasteiger partial charge in [-0.2, -0.15) is 4.42 Å². The Morgan fingerprint density at radius 3 is 2.96 bits per heavy atom. The third-order valence-corrected chi connectivity index (χ3v) is 5.75. The smallest absolute Gasteiger partial charge is 0.251 e. The summed E-state index contributed by atoms with van der Waals surface area (Å²) < 4.78 is 0.934. The predicted octanol–water partition coefficient (Wildman–Crippen LogP) is 1.79. The molecule has 1 saturated heterocycles. The van der Waals surface area contributed by atoms with Gasteiger partial charge in [-0.25, -0.2) is 4.99 Å². The SMILES string of the molecule is NC1=NC2(c3cccs3)CN(c3cccnc3)CC2C(=O)N1Cl. The van der Waals surface area contributed by atoms with Gasteiger partial charge in [-0.3, -0.25) is 9.78 Å². The Kier molecular flexibility index (Phi) is 3.28. The molecule has 0 saturated carbocycles. The van der Waals surface area contributed by atoms with Crippen molar-refractivity contribution in [2.75, 3.05) is 18.0 Å². The maximum atomic E-state index is 12.7. The van der Waals surface area contributed by atoms with Crippen molar-refractivity contribution in [1.82, 2.24) is 9.40 Å². The zero-order valence-electron chi connectivity index (χ0n) is 12.1. The summed E-state index contributed by atoms with van der Waals surface area (Å²) in [6, 6.07) is 7.81. The molecule has 2 aromatic rings. The lowest BCUT2D eigenvalue weighted by Crippen LogP contribution is -2.52. The molecule has 2 aliphatic heterocycles. The van der Waals surface area contributed by atoms with Crippen LogP contribution in [0.4, 0.5) is 5.69 Å². The fourth-order valence-electron chi connectivity index (χ4n) is 3.30. The van der Waals surface area contributed by atoms with Gasteiger partial charge in [0.05, 0.1) is 17.8 Å². The normalized spacial score (nSPS) is 27.1. The van der Waals surface area contributed by atoms with E-state index in [2.05, 4.69) is 14.9 Å². The molecule has 2 N–H and O–H groups in total. The van der Waals surface area contributed by atoms with Crippen LogP contribution in [-0.4, -0.2) is 34.4 Å². The fourth-order valence-corrected chi connectivity index (χ4v) is 4.37. The standard InChI is InChI=1S/C15H14ClN5OS/c16-21-13(22)11-8-20(10-3-1-5-18-7-10)9-15(11,19-14(21)17)12-4-2-6-23-12/h1-7,11H,8-9H2,(H2,17,19). The van der Waals surface area contributed by atoms with Gasteiger partial charge in [0.2, 0.25) is 5.96 Å². The molecular weight excluding hydrogens is 334 g/mol. The number of pyridine rings is 1. The van der Waals surface area contributed by atoms with Gasteiger partial charge in [0.1, 0.15) is 5.54 Å². The quantitative estimate of drug-likeness (QED) is 0.840. The molecule has 1 fully saturated rings. The topological polar surface area (TPSA) is 74.8 Å². The Hall–Kier alpha value is -2.12. The molecule has 0 bridgehead atoms. The minimum Gasteiger partial charge on any atom is -0.368 e. The van der Waals surface area contributed by atoms with Crippen molar-refractivity contribution in [3.63, 3.8) is 0 Å². The van der Waals surface area contributed by atoms with Crippen molar-refractivity contribution in [2.24, 2.45) is 16.6 Å². The number of amides is 1. The van der Waals surface area contributed by atoms with Gasteiger partial charge >= 0.3 is 0 Å². The summed E-state index contributed by atoms with van der Waals surface area (Å²) in [7, 11) is 0. The van der Waals surface area contributed by atoms with Gasteiger partial charge in [0.15, 0.2) is 0 Å². The lowest BCUT2D eigenvalue weighted by molar-refractivity contribution is -0.130. The van der Waals surface area contributed by atoms with Crippen LogP contribution in [0.5, 0.6) is 0 Å². The van der Waals surface area contributed by atoms with Crippen molar-refractivity contribution in [1.29, 1.82) is 0 Å². The van der Waals surface area contributed by atoms with E-state index >= 15 is 0 Å². The van der Waals surface area contributed by atoms with E-state index in [-0.39, 0.29) is 17.8 Å². The van der Waals surface area contributed by atoms with E-state index in [1.54, 1.807) is 23.7 Å². The van der Waals surface area contributed by atoms with Gasteiger partial charge < -0.3 is 10.6 Å². The van der Waals surface area contributed by atoms with Crippen molar-refractivity contribution in [3.05, 3.63) is 46.9 Å². The lowest BCUT2D eigenvalue weighted by Gasteiger charge is -2.35. The number of halogens is 1. The molecule has 2 aliphatic rings. The van der Waals surface area contributed by atoms with Crippen molar-refractivity contribution in [3.8, 4) is 0 Å². The highest BCUT2D eigenvalue weighted by Gasteiger charge is 2.56. The summed E-state index contributed by atoms with van der Waals surface area (Å²) >= 11 is 7.58. The second kappa shape index (κ2) is 5.21. The van der Waals surface area contributed by atoms with Gasteiger partial charge in [-0.05, 0) is 23.6 Å². The number of hydrogen-bond acceptors (Lipinski definition) is 6. The number of nitrogens with zero attached hydrogens (tertiary/aromatic N) is 4. The van der Waals surface area contributed by atoms with Gasteiger partial charge in [-0.1, -0.05) is 6.07 Å². The highest BCUT2D eigenvalue weighted by molar-refractivity contribution is 7.10. The Labute approximate surface area is 142 Å². The van der Waals surface area contributed by atoms with Crippen LogP contribution >= 0.6 is 23.1 Å². The van der Waals surface area contributed by atoms with Crippen LogP contribution in [0.25, 0.3) is 0 Å². The van der Waals surface area contributed by atoms with Crippen LogP contribution in [0.3, 0.4) is 0 Å². The summed E-state index contributed by atoms with van der Waals surface area (Å²) in [5.41, 5.74) is 6.17. The summed E-state index contributed by atoms with van der Waals surface area (Å²) in [6.07, 6.45) is 3.51. The zero-order chi connectivity index (χ0) is 16.0. The van der Waals surface area contributed by atoms with Crippen LogP contribution in [0.1, 0.15) is 4.88 Å². The van der Waals surface area contributed by atoms with Crippen LogP contribution in [0.2, 0.25) is 0 Å². The monoisotopic (exact) mass is 347 g/mol. The molecular formula is C15H14ClN5OS. The number of hydrogen-bond donors (Lipinski definition) is 1. The number of fused-ring (bicyclic) bond motifs is 1. The molecule has 0 aromatic carbocycles. The number of nitrogens with two attached hydrogens (primary N) is 1. The van der Waals surface area contributed by atoms with Gasteiger partial charge in [0, 0.05) is 35.9 Å². The molecule has 1 amide bonds. The molecule has 4 rings (SSSR count). The number of carbonyl (C=O) groups is 1. The van der Waals surface area contributed by atoms with Gasteiger partial charge in [0.25, 0.3) is 5.91 Å². The van der Waals surface area contributed by atoms with E-state index in [4.69, 9.17) is 17.5 Å². The van der Waals surface area contributed by atoms with Crippen LogP contribution in [-0.2, 0) is 10.3 Å². The Bertz CT molecular complexity index is 765. The average Bonchev–Trinajstić information content (AvgIpc) is 3.22. The fraction of sp³-hybridized carbons (Fsp3) is 0.267. The van der Waals surface area contributed by atoms with E-state index in [1.807, 2.05) is 29.6 Å². The van der Waals surface area contributed by atoms with Crippen LogP contribution in [0, 0.1) is 5.92 Å². The number of aromatic nitrogens is 1. The predicted molar refractivity (Wildman–Crippen MR) is 90.3 cm³/mol. The molecule has 0 spiro atoms. The highest BCUT2D eigenvalue weighted by Crippen LogP contribution is 2.46. The second-order valence-electron chi connectivity index (χ2n) is 5.63. The molecule has 2 aromatic heterocycles. The average molecular weight is 348 g/mol. The number of guanidine groups is 1. The Balaban J connectivity index is 1.83. The molecule has 0 radical (unpaired) electrons. The van der Waals surface area contributed by atoms with Gasteiger partial charge in [-0.15, -0.1) is 11.3 Å². The summed E-state index contributed by atoms with van der Waals surface area (Å²) in [5.74, 6) is -0.528. The molecule has 2 unspecified atom stereocenters. The number of thiophene rings is 1. The maximum absolute atomic E-state index is 12.7. The number of rotatable bonds is 2. The Morgan fingerprint density at radius 1 is 1.39 bits per heavy atom. The number of carbonyl (C=O) groups excluding carboxylic acids is 1. The third-order valence-electron chi connectivity index (χ3n) is 4.38.